The van der Waals surface area contributed by atoms with E-state index in [4.69, 9.17) is 4.74 Å². The molecule has 0 radical (unpaired) electrons. The summed E-state index contributed by atoms with van der Waals surface area (Å²) in [5.41, 5.74) is 1.07. The third-order valence-electron chi connectivity index (χ3n) is 3.50. The zero-order valence-corrected chi connectivity index (χ0v) is 11.8. The Morgan fingerprint density at radius 3 is 2.68 bits per heavy atom. The SMILES string of the molecule is CC(NC(C)c1ccnn1C)C(=O)N1CCOCC1. The Hall–Kier alpha value is -1.40. The smallest absolute Gasteiger partial charge is 0.239 e. The number of hydrogen-bond donors (Lipinski definition) is 1. The Morgan fingerprint density at radius 1 is 1.42 bits per heavy atom. The number of aromatic nitrogens is 2. The summed E-state index contributed by atoms with van der Waals surface area (Å²) in [5.74, 6) is 0.136. The summed E-state index contributed by atoms with van der Waals surface area (Å²) < 4.78 is 7.08. The van der Waals surface area contributed by atoms with Crippen molar-refractivity contribution in [3.8, 4) is 0 Å². The molecule has 1 amide bonds. The Balaban J connectivity index is 1.91. The first-order valence-electron chi connectivity index (χ1n) is 6.70. The number of nitrogens with one attached hydrogen (secondary N) is 1. The van der Waals surface area contributed by atoms with Gasteiger partial charge in [-0.25, -0.2) is 0 Å². The lowest BCUT2D eigenvalue weighted by Crippen LogP contribution is -2.49. The van der Waals surface area contributed by atoms with E-state index in [9.17, 15) is 4.79 Å². The van der Waals surface area contributed by atoms with Crippen molar-refractivity contribution in [3.05, 3.63) is 18.0 Å². The molecule has 0 saturated carbocycles. The first-order valence-corrected chi connectivity index (χ1v) is 6.70. The number of carbonyl (C=O) groups excluding carboxylic acids is 1. The zero-order valence-electron chi connectivity index (χ0n) is 11.8. The fourth-order valence-corrected chi connectivity index (χ4v) is 2.40. The molecule has 0 bridgehead atoms. The Morgan fingerprint density at radius 2 is 2.11 bits per heavy atom. The van der Waals surface area contributed by atoms with Crippen LogP contribution in [-0.4, -0.2) is 52.9 Å². The average molecular weight is 266 g/mol. The number of nitrogens with zero attached hydrogens (tertiary/aromatic N) is 3. The largest absolute Gasteiger partial charge is 0.378 e. The third-order valence-corrected chi connectivity index (χ3v) is 3.50. The molecular weight excluding hydrogens is 244 g/mol. The number of carbonyl (C=O) groups is 1. The fourth-order valence-electron chi connectivity index (χ4n) is 2.40. The summed E-state index contributed by atoms with van der Waals surface area (Å²) in [6.45, 7) is 6.59. The van der Waals surface area contributed by atoms with Gasteiger partial charge in [-0.05, 0) is 19.9 Å². The van der Waals surface area contributed by atoms with Gasteiger partial charge in [0.2, 0.25) is 5.91 Å². The molecule has 1 aliphatic rings. The molecule has 6 nitrogen and oxygen atoms in total. The van der Waals surface area contributed by atoms with Gasteiger partial charge in [0.15, 0.2) is 0 Å². The number of aryl methyl sites for hydroxylation is 1. The molecule has 0 aliphatic carbocycles. The minimum absolute atomic E-state index is 0.0903. The summed E-state index contributed by atoms with van der Waals surface area (Å²) in [4.78, 5) is 14.1. The number of morpholine rings is 1. The van der Waals surface area contributed by atoms with Crippen molar-refractivity contribution in [2.24, 2.45) is 7.05 Å². The Bertz CT molecular complexity index is 426. The van der Waals surface area contributed by atoms with Crippen LogP contribution in [0.1, 0.15) is 25.6 Å². The highest BCUT2D eigenvalue weighted by Gasteiger charge is 2.24. The van der Waals surface area contributed by atoms with E-state index in [0.717, 1.165) is 5.69 Å². The van der Waals surface area contributed by atoms with Crippen molar-refractivity contribution in [2.75, 3.05) is 26.3 Å². The van der Waals surface area contributed by atoms with Gasteiger partial charge < -0.3 is 9.64 Å². The van der Waals surface area contributed by atoms with Crippen molar-refractivity contribution >= 4 is 5.91 Å². The molecule has 1 saturated heterocycles. The van der Waals surface area contributed by atoms with E-state index in [1.165, 1.54) is 0 Å². The van der Waals surface area contributed by atoms with Gasteiger partial charge in [0.25, 0.3) is 0 Å². The summed E-state index contributed by atoms with van der Waals surface area (Å²) >= 11 is 0. The first kappa shape index (κ1) is 14.0. The number of ether oxygens (including phenoxy) is 1. The van der Waals surface area contributed by atoms with E-state index in [2.05, 4.69) is 10.4 Å². The van der Waals surface area contributed by atoms with Gasteiger partial charge in [-0.3, -0.25) is 14.8 Å². The zero-order chi connectivity index (χ0) is 13.8. The van der Waals surface area contributed by atoms with Crippen LogP contribution in [0.4, 0.5) is 0 Å². The summed E-state index contributed by atoms with van der Waals surface area (Å²) in [6, 6.07) is 1.85. The molecular formula is C13H22N4O2. The second-order valence-corrected chi connectivity index (χ2v) is 4.93. The molecule has 0 spiro atoms. The highest BCUT2D eigenvalue weighted by atomic mass is 16.5. The van der Waals surface area contributed by atoms with Crippen molar-refractivity contribution in [2.45, 2.75) is 25.9 Å². The van der Waals surface area contributed by atoms with E-state index in [0.29, 0.717) is 26.3 Å². The number of hydrogen-bond acceptors (Lipinski definition) is 4. The third kappa shape index (κ3) is 3.33. The van der Waals surface area contributed by atoms with Crippen LogP contribution in [0.15, 0.2) is 12.3 Å². The molecule has 0 aromatic carbocycles. The lowest BCUT2D eigenvalue weighted by Gasteiger charge is -2.30. The van der Waals surface area contributed by atoms with E-state index < -0.39 is 0 Å². The van der Waals surface area contributed by atoms with Gasteiger partial charge in [-0.2, -0.15) is 5.10 Å². The van der Waals surface area contributed by atoms with Gasteiger partial charge >= 0.3 is 0 Å². The maximum absolute atomic E-state index is 12.3. The van der Waals surface area contributed by atoms with Crippen LogP contribution in [0.5, 0.6) is 0 Å². The van der Waals surface area contributed by atoms with Crippen LogP contribution in [0.3, 0.4) is 0 Å². The molecule has 1 aromatic heterocycles. The summed E-state index contributed by atoms with van der Waals surface area (Å²) in [6.07, 6.45) is 1.77. The van der Waals surface area contributed by atoms with Gasteiger partial charge in [0.05, 0.1) is 24.9 Å². The molecule has 1 aromatic rings. The molecule has 106 valence electrons. The first-order chi connectivity index (χ1) is 9.09. The fraction of sp³-hybridized carbons (Fsp3) is 0.692. The van der Waals surface area contributed by atoms with Gasteiger partial charge in [0, 0.05) is 32.4 Å². The lowest BCUT2D eigenvalue weighted by atomic mass is 10.2. The van der Waals surface area contributed by atoms with Gasteiger partial charge in [-0.1, -0.05) is 0 Å². The Labute approximate surface area is 113 Å². The molecule has 1 fully saturated rings. The van der Waals surface area contributed by atoms with Crippen LogP contribution < -0.4 is 5.32 Å². The van der Waals surface area contributed by atoms with E-state index in [-0.39, 0.29) is 18.0 Å². The highest BCUT2D eigenvalue weighted by Crippen LogP contribution is 2.12. The maximum atomic E-state index is 12.3. The molecule has 2 atom stereocenters. The average Bonchev–Trinajstić information content (AvgIpc) is 2.85. The van der Waals surface area contributed by atoms with Crippen LogP contribution in [0, 0.1) is 0 Å². The quantitative estimate of drug-likeness (QED) is 0.852. The van der Waals surface area contributed by atoms with Crippen LogP contribution in [0.25, 0.3) is 0 Å². The van der Waals surface area contributed by atoms with Crippen molar-refractivity contribution in [1.29, 1.82) is 0 Å². The molecule has 2 heterocycles. The minimum atomic E-state index is -0.206. The molecule has 19 heavy (non-hydrogen) atoms. The van der Waals surface area contributed by atoms with Crippen molar-refractivity contribution < 1.29 is 9.53 Å². The van der Waals surface area contributed by atoms with Gasteiger partial charge in [-0.15, -0.1) is 0 Å². The maximum Gasteiger partial charge on any atom is 0.239 e. The highest BCUT2D eigenvalue weighted by molar-refractivity contribution is 5.81. The van der Waals surface area contributed by atoms with Crippen LogP contribution in [-0.2, 0) is 16.6 Å². The van der Waals surface area contributed by atoms with Gasteiger partial charge in [0.1, 0.15) is 0 Å². The van der Waals surface area contributed by atoms with E-state index in [1.807, 2.05) is 36.5 Å². The standard InChI is InChI=1S/C13H22N4O2/c1-10(12-4-5-14-16(12)3)15-11(2)13(18)17-6-8-19-9-7-17/h4-5,10-11,15H,6-9H2,1-3H3. The van der Waals surface area contributed by atoms with Crippen molar-refractivity contribution in [1.82, 2.24) is 20.0 Å². The monoisotopic (exact) mass is 266 g/mol. The molecule has 1 N–H and O–H groups in total. The van der Waals surface area contributed by atoms with Crippen molar-refractivity contribution in [3.63, 3.8) is 0 Å². The second-order valence-electron chi connectivity index (χ2n) is 4.93. The normalized spacial score (nSPS) is 19.2. The topological polar surface area (TPSA) is 59.4 Å². The number of rotatable bonds is 4. The minimum Gasteiger partial charge on any atom is -0.378 e. The van der Waals surface area contributed by atoms with Crippen LogP contribution >= 0.6 is 0 Å². The Kier molecular flexibility index (Phi) is 4.55. The molecule has 6 heteroatoms. The number of amides is 1. The van der Waals surface area contributed by atoms with Crippen LogP contribution in [0.2, 0.25) is 0 Å². The van der Waals surface area contributed by atoms with E-state index >= 15 is 0 Å². The predicted octanol–water partition coefficient (Wildman–Crippen LogP) is 0.318. The molecule has 1 aliphatic heterocycles. The summed E-state index contributed by atoms with van der Waals surface area (Å²) in [7, 11) is 1.90. The predicted molar refractivity (Wildman–Crippen MR) is 71.6 cm³/mol. The lowest BCUT2D eigenvalue weighted by molar-refractivity contribution is -0.137. The molecule has 2 unspecified atom stereocenters. The second kappa shape index (κ2) is 6.16. The summed E-state index contributed by atoms with van der Waals surface area (Å²) in [5, 5.41) is 7.47. The van der Waals surface area contributed by atoms with E-state index in [1.54, 1.807) is 6.20 Å². The molecule has 2 rings (SSSR count).